The second kappa shape index (κ2) is 9.03. The lowest BCUT2D eigenvalue weighted by molar-refractivity contribution is -0.119. The van der Waals surface area contributed by atoms with Crippen LogP contribution in [0.4, 0.5) is 5.69 Å². The van der Waals surface area contributed by atoms with E-state index in [-0.39, 0.29) is 0 Å². The monoisotopic (exact) mass is 519 g/mol. The zero-order valence-corrected chi connectivity index (χ0v) is 18.8. The highest BCUT2D eigenvalue weighted by molar-refractivity contribution is 14.1. The summed E-state index contributed by atoms with van der Waals surface area (Å²) in [5.41, 5.74) is 4.84. The van der Waals surface area contributed by atoms with Crippen molar-refractivity contribution >= 4 is 61.5 Å². The van der Waals surface area contributed by atoms with Gasteiger partial charge in [0.2, 0.25) is 10.0 Å². The van der Waals surface area contributed by atoms with Gasteiger partial charge in [-0.25, -0.2) is 13.8 Å². The Morgan fingerprint density at radius 1 is 1.26 bits per heavy atom. The second-order valence-corrected chi connectivity index (χ2v) is 9.46. The van der Waals surface area contributed by atoms with Crippen LogP contribution in [0.1, 0.15) is 18.1 Å². The molecule has 27 heavy (non-hydrogen) atoms. The summed E-state index contributed by atoms with van der Waals surface area (Å²) in [4.78, 5) is 12.3. The molecule has 0 bridgehead atoms. The summed E-state index contributed by atoms with van der Waals surface area (Å²) in [6.45, 7) is 3.07. The first-order valence-corrected chi connectivity index (χ1v) is 11.2. The zero-order chi connectivity index (χ0) is 20.2. The molecule has 1 N–H and O–H groups in total. The summed E-state index contributed by atoms with van der Waals surface area (Å²) >= 11 is 8.27. The molecule has 2 rings (SSSR count). The number of anilines is 1. The van der Waals surface area contributed by atoms with Crippen LogP contribution in [0.3, 0.4) is 0 Å². The SMILES string of the molecule is C/C(=N/NC(=O)CN(c1cccc(Cl)c1C)S(C)(=O)=O)c1cccc(I)c1. The van der Waals surface area contributed by atoms with Gasteiger partial charge in [-0.2, -0.15) is 5.10 Å². The molecule has 0 unspecified atom stereocenters. The number of amides is 1. The third kappa shape index (κ3) is 5.91. The average molecular weight is 520 g/mol. The standard InChI is InChI=1S/C18H19ClIN3O3S/c1-12-16(19)8-5-9-17(12)23(27(3,25)26)11-18(24)22-21-13(2)14-6-4-7-15(20)10-14/h4-10H,11H2,1-3H3,(H,22,24)/b21-13-. The molecule has 0 saturated heterocycles. The highest BCUT2D eigenvalue weighted by Gasteiger charge is 2.23. The largest absolute Gasteiger partial charge is 0.271 e. The fourth-order valence-electron chi connectivity index (χ4n) is 2.34. The number of nitrogens with one attached hydrogen (secondary N) is 1. The fourth-order valence-corrected chi connectivity index (χ4v) is 3.96. The van der Waals surface area contributed by atoms with Crippen molar-refractivity contribution in [2.45, 2.75) is 13.8 Å². The molecule has 1 amide bonds. The summed E-state index contributed by atoms with van der Waals surface area (Å²) in [7, 11) is -3.68. The molecular formula is C18H19ClIN3O3S. The average Bonchev–Trinajstić information content (AvgIpc) is 2.59. The molecular weight excluding hydrogens is 501 g/mol. The number of hydrogen-bond acceptors (Lipinski definition) is 4. The Morgan fingerprint density at radius 3 is 2.56 bits per heavy atom. The van der Waals surface area contributed by atoms with Gasteiger partial charge in [-0.3, -0.25) is 9.10 Å². The van der Waals surface area contributed by atoms with Crippen molar-refractivity contribution in [1.29, 1.82) is 0 Å². The number of benzene rings is 2. The molecule has 2 aromatic carbocycles. The smallest absolute Gasteiger partial charge is 0.260 e. The first-order valence-electron chi connectivity index (χ1n) is 7.91. The van der Waals surface area contributed by atoms with Crippen molar-refractivity contribution in [1.82, 2.24) is 5.43 Å². The lowest BCUT2D eigenvalue weighted by Crippen LogP contribution is -2.39. The molecule has 0 aliphatic heterocycles. The van der Waals surface area contributed by atoms with E-state index >= 15 is 0 Å². The number of rotatable bonds is 6. The van der Waals surface area contributed by atoms with Crippen molar-refractivity contribution in [2.75, 3.05) is 17.1 Å². The molecule has 0 heterocycles. The van der Waals surface area contributed by atoms with E-state index in [0.29, 0.717) is 22.0 Å². The summed E-state index contributed by atoms with van der Waals surface area (Å²) in [6, 6.07) is 12.6. The fraction of sp³-hybridized carbons (Fsp3) is 0.222. The minimum absolute atomic E-state index is 0.360. The van der Waals surface area contributed by atoms with Gasteiger partial charge in [0, 0.05) is 8.59 Å². The lowest BCUT2D eigenvalue weighted by atomic mass is 10.1. The third-order valence-electron chi connectivity index (χ3n) is 3.79. The van der Waals surface area contributed by atoms with E-state index in [4.69, 9.17) is 11.6 Å². The maximum Gasteiger partial charge on any atom is 0.260 e. The lowest BCUT2D eigenvalue weighted by Gasteiger charge is -2.23. The van der Waals surface area contributed by atoms with Crippen molar-refractivity contribution in [3.8, 4) is 0 Å². The van der Waals surface area contributed by atoms with Gasteiger partial charge in [-0.15, -0.1) is 0 Å². The number of hydrazone groups is 1. The van der Waals surface area contributed by atoms with Gasteiger partial charge in [0.05, 0.1) is 17.7 Å². The van der Waals surface area contributed by atoms with E-state index in [1.807, 2.05) is 24.3 Å². The predicted molar refractivity (Wildman–Crippen MR) is 118 cm³/mol. The number of sulfonamides is 1. The minimum atomic E-state index is -3.68. The maximum atomic E-state index is 12.3. The normalized spacial score (nSPS) is 12.0. The maximum absolute atomic E-state index is 12.3. The number of carbonyl (C=O) groups excluding carboxylic acids is 1. The molecule has 0 aromatic heterocycles. The second-order valence-electron chi connectivity index (χ2n) is 5.90. The zero-order valence-electron chi connectivity index (χ0n) is 15.0. The van der Waals surface area contributed by atoms with Crippen LogP contribution in [0.25, 0.3) is 0 Å². The summed E-state index contributed by atoms with van der Waals surface area (Å²) in [6.07, 6.45) is 1.04. The van der Waals surface area contributed by atoms with Crippen LogP contribution >= 0.6 is 34.2 Å². The van der Waals surface area contributed by atoms with Crippen LogP contribution in [0.2, 0.25) is 5.02 Å². The van der Waals surface area contributed by atoms with E-state index in [9.17, 15) is 13.2 Å². The van der Waals surface area contributed by atoms with Crippen LogP contribution in [-0.4, -0.2) is 32.8 Å². The number of nitrogens with zero attached hydrogens (tertiary/aromatic N) is 2. The molecule has 0 aliphatic rings. The Morgan fingerprint density at radius 2 is 1.93 bits per heavy atom. The molecule has 0 spiro atoms. The molecule has 9 heteroatoms. The van der Waals surface area contributed by atoms with Crippen molar-refractivity contribution < 1.29 is 13.2 Å². The summed E-state index contributed by atoms with van der Waals surface area (Å²) in [5.74, 6) is -0.551. The van der Waals surface area contributed by atoms with Gasteiger partial charge in [0.1, 0.15) is 6.54 Å². The summed E-state index contributed by atoms with van der Waals surface area (Å²) in [5, 5.41) is 4.50. The van der Waals surface area contributed by atoms with Crippen LogP contribution in [0, 0.1) is 10.5 Å². The highest BCUT2D eigenvalue weighted by Crippen LogP contribution is 2.27. The van der Waals surface area contributed by atoms with Crippen LogP contribution in [-0.2, 0) is 14.8 Å². The predicted octanol–water partition coefficient (Wildman–Crippen LogP) is 3.56. The van der Waals surface area contributed by atoms with E-state index in [1.165, 1.54) is 0 Å². The molecule has 0 saturated carbocycles. The van der Waals surface area contributed by atoms with E-state index < -0.39 is 22.5 Å². The van der Waals surface area contributed by atoms with Crippen LogP contribution < -0.4 is 9.73 Å². The Kier molecular flexibility index (Phi) is 7.24. The first-order chi connectivity index (χ1) is 12.6. The molecule has 0 fully saturated rings. The van der Waals surface area contributed by atoms with Gasteiger partial charge in [0.15, 0.2) is 0 Å². The Hall–Kier alpha value is -1.65. The van der Waals surface area contributed by atoms with Gasteiger partial charge in [0.25, 0.3) is 5.91 Å². The Bertz CT molecular complexity index is 993. The quantitative estimate of drug-likeness (QED) is 0.360. The van der Waals surface area contributed by atoms with E-state index in [1.54, 1.807) is 32.0 Å². The molecule has 2 aromatic rings. The topological polar surface area (TPSA) is 78.8 Å². The van der Waals surface area contributed by atoms with Gasteiger partial charge < -0.3 is 0 Å². The third-order valence-corrected chi connectivity index (χ3v) is 5.99. The van der Waals surface area contributed by atoms with Gasteiger partial charge in [-0.05, 0) is 71.8 Å². The van der Waals surface area contributed by atoms with Gasteiger partial charge >= 0.3 is 0 Å². The Labute approximate surface area is 177 Å². The van der Waals surface area contributed by atoms with Gasteiger partial charge in [-0.1, -0.05) is 29.8 Å². The van der Waals surface area contributed by atoms with E-state index in [0.717, 1.165) is 19.7 Å². The highest BCUT2D eigenvalue weighted by atomic mass is 127. The van der Waals surface area contributed by atoms with Crippen molar-refractivity contribution in [2.24, 2.45) is 5.10 Å². The number of hydrogen-bond donors (Lipinski definition) is 1. The Balaban J connectivity index is 2.20. The van der Waals surface area contributed by atoms with Crippen molar-refractivity contribution in [3.05, 3.63) is 62.2 Å². The van der Waals surface area contributed by atoms with Crippen molar-refractivity contribution in [3.63, 3.8) is 0 Å². The number of carbonyl (C=O) groups is 1. The summed E-state index contributed by atoms with van der Waals surface area (Å²) < 4.78 is 26.4. The van der Waals surface area contributed by atoms with Crippen LogP contribution in [0.15, 0.2) is 47.6 Å². The first kappa shape index (κ1) is 21.6. The molecule has 6 nitrogen and oxygen atoms in total. The minimum Gasteiger partial charge on any atom is -0.271 e. The molecule has 0 radical (unpaired) electrons. The molecule has 0 atom stereocenters. The molecule has 144 valence electrons. The van der Waals surface area contributed by atoms with Crippen LogP contribution in [0.5, 0.6) is 0 Å². The molecule has 0 aliphatic carbocycles. The number of halogens is 2. The van der Waals surface area contributed by atoms with E-state index in [2.05, 4.69) is 33.1 Å².